The summed E-state index contributed by atoms with van der Waals surface area (Å²) in [7, 11) is 0.654. The summed E-state index contributed by atoms with van der Waals surface area (Å²) < 4.78 is 0. The Balaban J connectivity index is 2.46. The Bertz CT molecular complexity index is 1200. The molecule has 0 aliphatic carbocycles. The van der Waals surface area contributed by atoms with E-state index in [0.717, 1.165) is 0 Å². The van der Waals surface area contributed by atoms with E-state index in [4.69, 9.17) is 0 Å². The molecule has 0 nitrogen and oxygen atoms in total. The maximum atomic E-state index is 2.54. The fraction of sp³-hybridized carbons (Fsp3) is 0.500. The lowest BCUT2D eigenvalue weighted by Crippen LogP contribution is -2.46. The average molecular weight is 527 g/mol. The Morgan fingerprint density at radius 2 is 0.789 bits per heavy atom. The van der Waals surface area contributed by atoms with Crippen molar-refractivity contribution in [1.82, 2.24) is 0 Å². The average Bonchev–Trinajstić information content (AvgIpc) is 2.69. The molecule has 0 saturated carbocycles. The van der Waals surface area contributed by atoms with Gasteiger partial charge in [-0.15, -0.1) is 8.46 Å². The summed E-state index contributed by atoms with van der Waals surface area (Å²) in [4.78, 5) is 0. The molecule has 1 unspecified atom stereocenters. The van der Waals surface area contributed by atoms with Crippen LogP contribution in [0.15, 0.2) is 36.4 Å². The van der Waals surface area contributed by atoms with Crippen LogP contribution in [-0.4, -0.2) is 6.43 Å². The molecule has 204 valence electrons. The zero-order valence-corrected chi connectivity index (χ0v) is 28.0. The van der Waals surface area contributed by atoms with Gasteiger partial charge in [-0.05, 0) is 79.8 Å². The fourth-order valence-electron chi connectivity index (χ4n) is 6.14. The van der Waals surface area contributed by atoms with Gasteiger partial charge in [-0.25, -0.2) is 0 Å². The largest absolute Gasteiger partial charge is 0.240 e. The van der Waals surface area contributed by atoms with Crippen LogP contribution >= 0.6 is 8.46 Å². The minimum atomic E-state index is 0.0584. The minimum Gasteiger partial charge on any atom is -0.113 e. The summed E-state index contributed by atoms with van der Waals surface area (Å²) in [6, 6.07) is 14.6. The highest BCUT2D eigenvalue weighted by Crippen LogP contribution is 2.38. The lowest BCUT2D eigenvalue weighted by atomic mass is 9.56. The Hall–Kier alpha value is -1.85. The lowest BCUT2D eigenvalue weighted by Gasteiger charge is -2.35. The molecular formula is C36H52BP. The predicted molar refractivity (Wildman–Crippen MR) is 177 cm³/mol. The zero-order chi connectivity index (χ0) is 29.0. The Morgan fingerprint density at radius 1 is 0.474 bits per heavy atom. The first-order valence-electron chi connectivity index (χ1n) is 14.3. The molecule has 38 heavy (non-hydrogen) atoms. The first-order chi connectivity index (χ1) is 17.2. The molecule has 0 fully saturated rings. The van der Waals surface area contributed by atoms with Crippen molar-refractivity contribution >= 4 is 31.1 Å². The van der Waals surface area contributed by atoms with Crippen LogP contribution in [0.4, 0.5) is 0 Å². The standard InChI is InChI=1S/C36H52BP/c1-22-16-24(3)31(25(4)17-22)37(32-26(5)18-23(2)19-27(32)6)38-33-29(35(10,11)12)20-28(34(7,8)9)21-30(33)36(13,14)15/h16-21,38H,1-15H3. The van der Waals surface area contributed by atoms with Crippen LogP contribution in [0.1, 0.15) is 112 Å². The summed E-state index contributed by atoms with van der Waals surface area (Å²) in [6.45, 7) is 35.2. The van der Waals surface area contributed by atoms with Crippen LogP contribution in [0.2, 0.25) is 0 Å². The van der Waals surface area contributed by atoms with Crippen LogP contribution in [0, 0.1) is 41.5 Å². The molecule has 0 radical (unpaired) electrons. The molecule has 1 atom stereocenters. The number of rotatable bonds is 4. The molecule has 3 aromatic carbocycles. The maximum absolute atomic E-state index is 2.54. The van der Waals surface area contributed by atoms with E-state index >= 15 is 0 Å². The molecular weight excluding hydrogens is 474 g/mol. The van der Waals surface area contributed by atoms with E-state index in [2.05, 4.69) is 140 Å². The highest BCUT2D eigenvalue weighted by molar-refractivity contribution is 7.86. The van der Waals surface area contributed by atoms with E-state index in [-0.39, 0.29) is 16.2 Å². The van der Waals surface area contributed by atoms with E-state index in [0.29, 0.717) is 14.9 Å². The van der Waals surface area contributed by atoms with Crippen molar-refractivity contribution in [3.05, 3.63) is 86.5 Å². The van der Waals surface area contributed by atoms with Crippen LogP contribution in [0.25, 0.3) is 0 Å². The second-order valence-corrected chi connectivity index (χ2v) is 16.3. The molecule has 2 heteroatoms. The molecule has 0 aromatic heterocycles. The molecule has 0 N–H and O–H groups in total. The van der Waals surface area contributed by atoms with Gasteiger partial charge >= 0.3 is 0 Å². The van der Waals surface area contributed by atoms with E-state index < -0.39 is 0 Å². The van der Waals surface area contributed by atoms with E-state index in [1.165, 1.54) is 61.0 Å². The van der Waals surface area contributed by atoms with Gasteiger partial charge in [-0.1, -0.05) is 143 Å². The molecule has 0 heterocycles. The highest BCUT2D eigenvalue weighted by atomic mass is 31.1. The third kappa shape index (κ3) is 6.47. The van der Waals surface area contributed by atoms with Crippen molar-refractivity contribution in [3.8, 4) is 0 Å². The molecule has 3 aromatic rings. The second kappa shape index (κ2) is 10.6. The highest BCUT2D eigenvalue weighted by Gasteiger charge is 2.34. The Morgan fingerprint density at radius 3 is 1.05 bits per heavy atom. The fourth-order valence-corrected chi connectivity index (χ4v) is 8.83. The normalized spacial score (nSPS) is 13.0. The maximum Gasteiger partial charge on any atom is 0.240 e. The molecule has 0 saturated heterocycles. The molecule has 0 aliphatic heterocycles. The first-order valence-corrected chi connectivity index (χ1v) is 15.4. The molecule has 0 amide bonds. The van der Waals surface area contributed by atoms with E-state index in [1.807, 2.05) is 0 Å². The van der Waals surface area contributed by atoms with Gasteiger partial charge in [-0.2, -0.15) is 0 Å². The van der Waals surface area contributed by atoms with Crippen LogP contribution in [0.3, 0.4) is 0 Å². The van der Waals surface area contributed by atoms with Crippen LogP contribution < -0.4 is 16.2 Å². The summed E-state index contributed by atoms with van der Waals surface area (Å²) in [5.41, 5.74) is 16.1. The number of aryl methyl sites for hydroxylation is 6. The number of benzene rings is 3. The Labute approximate surface area is 237 Å². The summed E-state index contributed by atoms with van der Waals surface area (Å²) in [5, 5.41) is 1.57. The number of hydrogen-bond acceptors (Lipinski definition) is 0. The van der Waals surface area contributed by atoms with Crippen molar-refractivity contribution in [2.75, 3.05) is 0 Å². The molecule has 0 aliphatic rings. The summed E-state index contributed by atoms with van der Waals surface area (Å²) in [5.74, 6) is 0. The predicted octanol–water partition coefficient (Wildman–Crippen LogP) is 8.54. The van der Waals surface area contributed by atoms with Crippen LogP contribution in [-0.2, 0) is 16.2 Å². The van der Waals surface area contributed by atoms with Gasteiger partial charge in [0, 0.05) is 0 Å². The van der Waals surface area contributed by atoms with Gasteiger partial charge in [0.2, 0.25) is 6.43 Å². The molecule has 3 rings (SSSR count). The van der Waals surface area contributed by atoms with Crippen molar-refractivity contribution < 1.29 is 0 Å². The van der Waals surface area contributed by atoms with Gasteiger partial charge in [-0.3, -0.25) is 0 Å². The number of hydrogen-bond donors (Lipinski definition) is 0. The Kier molecular flexibility index (Phi) is 8.57. The van der Waals surface area contributed by atoms with Gasteiger partial charge < -0.3 is 0 Å². The summed E-state index contributed by atoms with van der Waals surface area (Å²) in [6.07, 6.45) is 0.332. The van der Waals surface area contributed by atoms with Crippen molar-refractivity contribution in [2.45, 2.75) is 120 Å². The summed E-state index contributed by atoms with van der Waals surface area (Å²) >= 11 is 0. The SMILES string of the molecule is Cc1cc(C)c(B(Pc2c(C(C)(C)C)cc(C(C)(C)C)cc2C(C)(C)C)c2c(C)cc(C)cc2C)c(C)c1. The topological polar surface area (TPSA) is 0 Å². The second-order valence-electron chi connectivity index (χ2n) is 14.9. The van der Waals surface area contributed by atoms with Crippen molar-refractivity contribution in [3.63, 3.8) is 0 Å². The first kappa shape index (κ1) is 30.7. The third-order valence-corrected chi connectivity index (χ3v) is 9.66. The lowest BCUT2D eigenvalue weighted by molar-refractivity contribution is 0.554. The van der Waals surface area contributed by atoms with Crippen molar-refractivity contribution in [2.24, 2.45) is 0 Å². The molecule has 0 spiro atoms. The van der Waals surface area contributed by atoms with Gasteiger partial charge in [0.1, 0.15) is 0 Å². The zero-order valence-electron chi connectivity index (χ0n) is 27.0. The third-order valence-electron chi connectivity index (χ3n) is 7.96. The van der Waals surface area contributed by atoms with Gasteiger partial charge in [0.25, 0.3) is 0 Å². The van der Waals surface area contributed by atoms with E-state index in [1.54, 1.807) is 5.30 Å². The minimum absolute atomic E-state index is 0.0584. The quantitative estimate of drug-likeness (QED) is 0.236. The molecule has 0 bridgehead atoms. The smallest absolute Gasteiger partial charge is 0.113 e. The van der Waals surface area contributed by atoms with Crippen molar-refractivity contribution in [1.29, 1.82) is 0 Å². The van der Waals surface area contributed by atoms with Crippen LogP contribution in [0.5, 0.6) is 0 Å². The monoisotopic (exact) mass is 526 g/mol. The van der Waals surface area contributed by atoms with Gasteiger partial charge in [0.05, 0.1) is 0 Å². The van der Waals surface area contributed by atoms with E-state index in [9.17, 15) is 0 Å². The van der Waals surface area contributed by atoms with Gasteiger partial charge in [0.15, 0.2) is 0 Å².